The predicted octanol–water partition coefficient (Wildman–Crippen LogP) is 3.12. The van der Waals surface area contributed by atoms with Crippen molar-refractivity contribution in [3.63, 3.8) is 0 Å². The minimum atomic E-state index is -2.62. The van der Waals surface area contributed by atoms with Crippen molar-refractivity contribution < 1.29 is 9.26 Å². The van der Waals surface area contributed by atoms with Crippen LogP contribution in [0.25, 0.3) is 11.2 Å². The minimum Gasteiger partial charge on any atom is -0.406 e. The quantitative estimate of drug-likeness (QED) is 0.417. The number of nitrogens with two attached hydrogens (primary N) is 1. The topological polar surface area (TPSA) is 91.3 Å². The Morgan fingerprint density at radius 2 is 1.63 bits per heavy atom. The monoisotopic (exact) mass is 488 g/mol. The van der Waals surface area contributed by atoms with Crippen molar-refractivity contribution in [1.82, 2.24) is 24.6 Å². The number of imidazole rings is 1. The summed E-state index contributed by atoms with van der Waals surface area (Å²) in [4.78, 5) is 19.0. The van der Waals surface area contributed by atoms with Gasteiger partial charge in [-0.3, -0.25) is 9.40 Å². The number of hydroxylamine groups is 2. The van der Waals surface area contributed by atoms with E-state index in [-0.39, 0.29) is 17.3 Å². The Hall–Kier alpha value is -3.11. The van der Waals surface area contributed by atoms with Gasteiger partial charge in [-0.25, -0.2) is 15.0 Å². The van der Waals surface area contributed by atoms with Crippen molar-refractivity contribution in [3.8, 4) is 0 Å². The van der Waals surface area contributed by atoms with E-state index in [1.807, 2.05) is 16.7 Å². The summed E-state index contributed by atoms with van der Waals surface area (Å²) in [5, 5.41) is 4.36. The summed E-state index contributed by atoms with van der Waals surface area (Å²) in [6, 6.07) is 21.5. The maximum Gasteiger partial charge on any atom is 0.261 e. The van der Waals surface area contributed by atoms with Crippen LogP contribution < -0.4 is 16.1 Å². The van der Waals surface area contributed by atoms with Crippen molar-refractivity contribution in [2.45, 2.75) is 44.5 Å². The number of aromatic nitrogens is 4. The highest BCUT2D eigenvalue weighted by atomic mass is 28.4. The summed E-state index contributed by atoms with van der Waals surface area (Å²) in [6.45, 7) is 7.42. The second-order valence-electron chi connectivity index (χ2n) is 10.1. The van der Waals surface area contributed by atoms with Crippen LogP contribution in [0.3, 0.4) is 0 Å². The Morgan fingerprint density at radius 3 is 2.23 bits per heavy atom. The Kier molecular flexibility index (Phi) is 6.18. The zero-order chi connectivity index (χ0) is 24.6. The van der Waals surface area contributed by atoms with Crippen molar-refractivity contribution >= 4 is 35.7 Å². The molecule has 2 aromatic heterocycles. The van der Waals surface area contributed by atoms with Gasteiger partial charge in [0.2, 0.25) is 0 Å². The van der Waals surface area contributed by atoms with Crippen LogP contribution in [0.4, 0.5) is 5.82 Å². The third-order valence-corrected chi connectivity index (χ3v) is 11.9. The summed E-state index contributed by atoms with van der Waals surface area (Å²) in [5.41, 5.74) is 7.24. The Labute approximate surface area is 206 Å². The molecule has 1 fully saturated rings. The zero-order valence-corrected chi connectivity index (χ0v) is 21.6. The molecular formula is C26H32N6O2Si. The van der Waals surface area contributed by atoms with Gasteiger partial charge in [0.05, 0.1) is 19.0 Å². The SMILES string of the molecule is CN1O[C@@H](n2cnc3c(N)ncnc32)C[C@@H]1CO[Si](c1ccccc1)(c1ccccc1)C(C)(C)C. The molecule has 2 atom stereocenters. The van der Waals surface area contributed by atoms with Crippen LogP contribution in [-0.2, 0) is 9.26 Å². The molecule has 182 valence electrons. The lowest BCUT2D eigenvalue weighted by Gasteiger charge is -2.43. The lowest BCUT2D eigenvalue weighted by Crippen LogP contribution is -2.67. The lowest BCUT2D eigenvalue weighted by molar-refractivity contribution is -0.167. The molecule has 8 nitrogen and oxygen atoms in total. The molecule has 35 heavy (non-hydrogen) atoms. The maximum atomic E-state index is 7.14. The first-order valence-corrected chi connectivity index (χ1v) is 13.8. The smallest absolute Gasteiger partial charge is 0.261 e. The summed E-state index contributed by atoms with van der Waals surface area (Å²) in [6.07, 6.45) is 3.67. The molecule has 0 unspecified atom stereocenters. The second-order valence-corrected chi connectivity index (χ2v) is 14.4. The highest BCUT2D eigenvalue weighted by Crippen LogP contribution is 2.38. The van der Waals surface area contributed by atoms with Crippen LogP contribution in [-0.4, -0.2) is 52.6 Å². The van der Waals surface area contributed by atoms with E-state index in [4.69, 9.17) is 15.0 Å². The van der Waals surface area contributed by atoms with Crippen LogP contribution in [0.15, 0.2) is 73.3 Å². The number of nitrogen functional groups attached to an aromatic ring is 1. The van der Waals surface area contributed by atoms with E-state index in [9.17, 15) is 0 Å². The number of anilines is 1. The normalized spacial score (nSPS) is 19.4. The molecule has 1 aliphatic heterocycles. The van der Waals surface area contributed by atoms with Crippen LogP contribution in [0.5, 0.6) is 0 Å². The number of hydrogen-bond donors (Lipinski definition) is 1. The van der Waals surface area contributed by atoms with Crippen LogP contribution in [0.2, 0.25) is 5.04 Å². The third kappa shape index (κ3) is 4.14. The fraction of sp³-hybridized carbons (Fsp3) is 0.346. The van der Waals surface area contributed by atoms with Gasteiger partial charge in [-0.15, -0.1) is 0 Å². The molecule has 0 spiro atoms. The van der Waals surface area contributed by atoms with E-state index in [2.05, 4.69) is 96.4 Å². The van der Waals surface area contributed by atoms with E-state index in [0.29, 0.717) is 23.6 Å². The van der Waals surface area contributed by atoms with Gasteiger partial charge in [-0.1, -0.05) is 81.4 Å². The van der Waals surface area contributed by atoms with Crippen LogP contribution >= 0.6 is 0 Å². The van der Waals surface area contributed by atoms with Gasteiger partial charge in [0, 0.05) is 13.5 Å². The fourth-order valence-corrected chi connectivity index (χ4v) is 9.70. The zero-order valence-electron chi connectivity index (χ0n) is 20.6. The number of fused-ring (bicyclic) bond motifs is 1. The molecule has 0 amide bonds. The van der Waals surface area contributed by atoms with Gasteiger partial charge in [0.25, 0.3) is 8.32 Å². The van der Waals surface area contributed by atoms with Gasteiger partial charge < -0.3 is 10.2 Å². The van der Waals surface area contributed by atoms with Crippen molar-refractivity contribution in [2.24, 2.45) is 0 Å². The van der Waals surface area contributed by atoms with Gasteiger partial charge in [-0.05, 0) is 15.4 Å². The molecule has 2 N–H and O–H groups in total. The molecule has 2 aromatic carbocycles. The van der Waals surface area contributed by atoms with E-state index in [1.165, 1.54) is 16.7 Å². The number of likely N-dealkylation sites (N-methyl/N-ethyl adjacent to an activating group) is 1. The van der Waals surface area contributed by atoms with Crippen molar-refractivity contribution in [2.75, 3.05) is 19.4 Å². The van der Waals surface area contributed by atoms with Crippen LogP contribution in [0.1, 0.15) is 33.4 Å². The standard InChI is InChI=1S/C26H32N6O2Si/c1-26(2,3)35(20-11-7-5-8-12-20,21-13-9-6-10-14-21)33-16-19-15-22(34-31(19)4)32-18-30-23-24(27)28-17-29-25(23)32/h5-14,17-19,22H,15-16H2,1-4H3,(H2,27,28,29)/t19-,22-/m1/s1. The molecule has 0 bridgehead atoms. The predicted molar refractivity (Wildman–Crippen MR) is 140 cm³/mol. The molecule has 0 radical (unpaired) electrons. The van der Waals surface area contributed by atoms with E-state index in [0.717, 1.165) is 6.42 Å². The van der Waals surface area contributed by atoms with Crippen molar-refractivity contribution in [1.29, 1.82) is 0 Å². The van der Waals surface area contributed by atoms with Crippen molar-refractivity contribution in [3.05, 3.63) is 73.3 Å². The number of hydrogen-bond acceptors (Lipinski definition) is 7. The fourth-order valence-electron chi connectivity index (χ4n) is 5.10. The van der Waals surface area contributed by atoms with E-state index in [1.54, 1.807) is 6.33 Å². The second kappa shape index (κ2) is 9.16. The molecule has 1 saturated heterocycles. The molecule has 9 heteroatoms. The van der Waals surface area contributed by atoms with Gasteiger partial charge >= 0.3 is 0 Å². The largest absolute Gasteiger partial charge is 0.406 e. The highest BCUT2D eigenvalue weighted by molar-refractivity contribution is 6.99. The van der Waals surface area contributed by atoms with Gasteiger partial charge in [-0.2, -0.15) is 5.06 Å². The van der Waals surface area contributed by atoms with E-state index >= 15 is 0 Å². The molecule has 0 aliphatic carbocycles. The summed E-state index contributed by atoms with van der Waals surface area (Å²) in [7, 11) is -0.664. The molecule has 3 heterocycles. The first-order valence-electron chi connectivity index (χ1n) is 11.9. The maximum absolute atomic E-state index is 7.14. The van der Waals surface area contributed by atoms with Crippen LogP contribution in [0, 0.1) is 0 Å². The molecule has 4 aromatic rings. The van der Waals surface area contributed by atoms with Gasteiger partial charge in [0.15, 0.2) is 17.7 Å². The third-order valence-electron chi connectivity index (χ3n) is 6.88. The Balaban J connectivity index is 1.45. The summed E-state index contributed by atoms with van der Waals surface area (Å²) in [5.74, 6) is 0.367. The number of rotatable bonds is 6. The molecule has 1 aliphatic rings. The number of benzene rings is 2. The summed E-state index contributed by atoms with van der Waals surface area (Å²) < 4.78 is 9.06. The Morgan fingerprint density at radius 1 is 1.00 bits per heavy atom. The first kappa shape index (κ1) is 23.6. The average Bonchev–Trinajstić information content (AvgIpc) is 3.44. The minimum absolute atomic E-state index is 0.0679. The highest BCUT2D eigenvalue weighted by Gasteiger charge is 2.51. The number of nitrogens with zero attached hydrogens (tertiary/aromatic N) is 5. The molecule has 5 rings (SSSR count). The average molecular weight is 489 g/mol. The van der Waals surface area contributed by atoms with E-state index < -0.39 is 8.32 Å². The first-order chi connectivity index (χ1) is 16.8. The summed E-state index contributed by atoms with van der Waals surface area (Å²) >= 11 is 0. The van der Waals surface area contributed by atoms with Gasteiger partial charge in [0.1, 0.15) is 11.8 Å². The molecular weight excluding hydrogens is 456 g/mol. The lowest BCUT2D eigenvalue weighted by atomic mass is 10.2. The Bertz CT molecular complexity index is 1250. The molecule has 0 saturated carbocycles.